The Labute approximate surface area is 368 Å². The number of benzene rings is 3. The molecule has 0 aromatic heterocycles. The molecule has 0 bridgehead atoms. The molecule has 330 valence electrons. The van der Waals surface area contributed by atoms with Crippen LogP contribution in [0.5, 0.6) is 5.75 Å². The number of nitrogens with one attached hydrogen (secondary N) is 1. The van der Waals surface area contributed by atoms with Crippen LogP contribution in [-0.4, -0.2) is 115 Å². The van der Waals surface area contributed by atoms with Gasteiger partial charge in [0.05, 0.1) is 17.1 Å². The van der Waals surface area contributed by atoms with Crippen molar-refractivity contribution in [3.05, 3.63) is 82.1 Å². The van der Waals surface area contributed by atoms with Crippen LogP contribution in [0.3, 0.4) is 0 Å². The highest BCUT2D eigenvalue weighted by Crippen LogP contribution is 2.58. The normalized spacial score (nSPS) is 24.1. The topological polar surface area (TPSA) is 120 Å². The average Bonchev–Trinajstić information content (AvgIpc) is 3.60. The van der Waals surface area contributed by atoms with Gasteiger partial charge in [-0.25, -0.2) is 4.39 Å². The lowest BCUT2D eigenvalue weighted by Gasteiger charge is -2.56. The van der Waals surface area contributed by atoms with Crippen molar-refractivity contribution in [3.63, 3.8) is 0 Å². The van der Waals surface area contributed by atoms with E-state index in [4.69, 9.17) is 11.6 Å². The molecule has 5 fully saturated rings. The molecule has 3 aromatic rings. The summed E-state index contributed by atoms with van der Waals surface area (Å²) in [6, 6.07) is 15.5. The number of hydrogen-bond acceptors (Lipinski definition) is 9. The maximum Gasteiger partial charge on any atom is 0.255 e. The van der Waals surface area contributed by atoms with Gasteiger partial charge in [-0.1, -0.05) is 37.6 Å². The number of β-lactam (4-membered cyclic amide) rings is 1. The van der Waals surface area contributed by atoms with Gasteiger partial charge >= 0.3 is 0 Å². The predicted octanol–water partition coefficient (Wildman–Crippen LogP) is 6.59. The summed E-state index contributed by atoms with van der Waals surface area (Å²) in [6.07, 6.45) is 6.37. The molecule has 0 spiro atoms. The van der Waals surface area contributed by atoms with Gasteiger partial charge < -0.3 is 29.6 Å². The Bertz CT molecular complexity index is 2210. The van der Waals surface area contributed by atoms with Gasteiger partial charge in [-0.05, 0) is 110 Å². The Morgan fingerprint density at radius 3 is 1.95 bits per heavy atom. The Morgan fingerprint density at radius 1 is 0.774 bits per heavy atom. The third kappa shape index (κ3) is 7.82. The van der Waals surface area contributed by atoms with Gasteiger partial charge in [-0.3, -0.25) is 29.4 Å². The number of imide groups is 1. The lowest BCUT2D eigenvalue weighted by atomic mass is 9.64. The molecule has 6 aliphatic rings. The van der Waals surface area contributed by atoms with Crippen LogP contribution in [0.1, 0.15) is 92.7 Å². The highest BCUT2D eigenvalue weighted by Gasteiger charge is 2.60. The number of phenols is 1. The van der Waals surface area contributed by atoms with Crippen molar-refractivity contribution in [1.82, 2.24) is 20.0 Å². The Hall–Kier alpha value is -4.72. The standard InChI is InChI=1S/C48H59ClFN7O5/c1-3-48(4-2)44(57(47(48)62)40-7-5-6-39(50)43(40)59)37-11-9-35(27-38(37)49)55-20-16-32(17-21-55)29-53-24-22-52(23-25-53)28-31-14-18-54(19-15-31)34-8-10-36-33(26-34)30-56(46(36)61)41-12-13-42(58)51-45(41)60/h5-11,26-27,31-32,41,44,59H,3-4,12-25,28-30H2,1-2H3,(H,51,58,60)/t41-,44-/m0/s1. The molecule has 62 heavy (non-hydrogen) atoms. The molecule has 0 unspecified atom stereocenters. The van der Waals surface area contributed by atoms with Crippen LogP contribution in [0.15, 0.2) is 54.6 Å². The van der Waals surface area contributed by atoms with Gasteiger partial charge in [0.1, 0.15) is 6.04 Å². The Balaban J connectivity index is 0.718. The molecule has 9 rings (SSSR count). The number of amides is 4. The zero-order chi connectivity index (χ0) is 43.3. The fourth-order valence-corrected chi connectivity index (χ4v) is 11.6. The second kappa shape index (κ2) is 17.4. The number of piperazine rings is 1. The Morgan fingerprint density at radius 2 is 1.37 bits per heavy atom. The molecule has 14 heteroatoms. The molecule has 6 heterocycles. The summed E-state index contributed by atoms with van der Waals surface area (Å²) in [5, 5.41) is 13.5. The van der Waals surface area contributed by atoms with Crippen molar-refractivity contribution < 1.29 is 28.7 Å². The molecular weight excluding hydrogens is 809 g/mol. The number of aromatic hydroxyl groups is 1. The van der Waals surface area contributed by atoms with Gasteiger partial charge in [-0.15, -0.1) is 0 Å². The summed E-state index contributed by atoms with van der Waals surface area (Å²) in [7, 11) is 0. The Kier molecular flexibility index (Phi) is 12.0. The van der Waals surface area contributed by atoms with Crippen LogP contribution in [0.25, 0.3) is 0 Å². The summed E-state index contributed by atoms with van der Waals surface area (Å²) in [5.41, 5.74) is 4.15. The summed E-state index contributed by atoms with van der Waals surface area (Å²) in [5.74, 6) is -0.851. The second-order valence-corrected chi connectivity index (χ2v) is 18.9. The highest BCUT2D eigenvalue weighted by atomic mass is 35.5. The molecule has 0 radical (unpaired) electrons. The average molecular weight is 868 g/mol. The lowest BCUT2D eigenvalue weighted by molar-refractivity contribution is -0.141. The number of hydrogen-bond donors (Lipinski definition) is 2. The van der Waals surface area contributed by atoms with E-state index in [-0.39, 0.29) is 35.7 Å². The number of fused-ring (bicyclic) bond motifs is 1. The van der Waals surface area contributed by atoms with E-state index < -0.39 is 29.1 Å². The first-order valence-electron chi connectivity index (χ1n) is 22.8. The van der Waals surface area contributed by atoms with E-state index in [0.717, 1.165) is 114 Å². The molecule has 2 atom stereocenters. The van der Waals surface area contributed by atoms with Gasteiger partial charge in [0, 0.05) is 100 Å². The van der Waals surface area contributed by atoms with Gasteiger partial charge in [-0.2, -0.15) is 0 Å². The van der Waals surface area contributed by atoms with Crippen LogP contribution < -0.4 is 20.0 Å². The van der Waals surface area contributed by atoms with E-state index in [1.807, 2.05) is 38.1 Å². The van der Waals surface area contributed by atoms with E-state index in [9.17, 15) is 28.7 Å². The van der Waals surface area contributed by atoms with Crippen molar-refractivity contribution in [2.75, 3.05) is 80.1 Å². The fourth-order valence-electron chi connectivity index (χ4n) is 11.3. The van der Waals surface area contributed by atoms with E-state index in [1.54, 1.807) is 11.0 Å². The number of rotatable bonds is 11. The van der Waals surface area contributed by atoms with Gasteiger partial charge in [0.15, 0.2) is 11.6 Å². The molecule has 0 aliphatic carbocycles. The van der Waals surface area contributed by atoms with E-state index in [0.29, 0.717) is 48.2 Å². The first-order valence-corrected chi connectivity index (χ1v) is 23.2. The van der Waals surface area contributed by atoms with Crippen LogP contribution >= 0.6 is 11.6 Å². The smallest absolute Gasteiger partial charge is 0.255 e. The number of carbonyl (C=O) groups excluding carboxylic acids is 4. The maximum absolute atomic E-state index is 14.4. The molecule has 5 saturated heterocycles. The SMILES string of the molecule is CCC1(CC)C(=O)N(c2cccc(F)c2O)[C@H]1c1ccc(N2CCC(CN3CCN(CC4CCN(c5ccc6c(c5)CN([C@H]5CCC(=O)NC5=O)C6=O)CC4)CC3)CC2)cc1Cl. The van der Waals surface area contributed by atoms with Crippen molar-refractivity contribution in [2.45, 2.75) is 83.8 Å². The number of para-hydroxylation sites is 1. The minimum absolute atomic E-state index is 0.119. The number of nitrogens with zero attached hydrogens (tertiary/aromatic N) is 6. The minimum atomic E-state index is -0.754. The van der Waals surface area contributed by atoms with Crippen molar-refractivity contribution in [3.8, 4) is 5.75 Å². The van der Waals surface area contributed by atoms with E-state index in [1.165, 1.54) is 17.0 Å². The molecule has 6 aliphatic heterocycles. The lowest BCUT2D eigenvalue weighted by Crippen LogP contribution is -2.63. The molecule has 12 nitrogen and oxygen atoms in total. The zero-order valence-electron chi connectivity index (χ0n) is 36.0. The maximum atomic E-state index is 14.4. The van der Waals surface area contributed by atoms with Gasteiger partial charge in [0.2, 0.25) is 17.7 Å². The van der Waals surface area contributed by atoms with Gasteiger partial charge in [0.25, 0.3) is 5.91 Å². The fraction of sp³-hybridized carbons (Fsp3) is 0.542. The molecule has 3 aromatic carbocycles. The summed E-state index contributed by atoms with van der Waals surface area (Å²) < 4.78 is 14.4. The first kappa shape index (κ1) is 42.6. The number of carbonyl (C=O) groups is 4. The predicted molar refractivity (Wildman–Crippen MR) is 238 cm³/mol. The van der Waals surface area contributed by atoms with Crippen molar-refractivity contribution in [2.24, 2.45) is 17.3 Å². The van der Waals surface area contributed by atoms with Crippen LogP contribution in [0.2, 0.25) is 5.02 Å². The van der Waals surface area contributed by atoms with Crippen LogP contribution in [0, 0.1) is 23.1 Å². The van der Waals surface area contributed by atoms with Crippen LogP contribution in [0.4, 0.5) is 21.5 Å². The molecule has 4 amide bonds. The highest BCUT2D eigenvalue weighted by molar-refractivity contribution is 6.32. The number of anilines is 3. The minimum Gasteiger partial charge on any atom is -0.503 e. The molecular formula is C48H59ClFN7O5. The van der Waals surface area contributed by atoms with Crippen molar-refractivity contribution >= 4 is 52.3 Å². The molecule has 0 saturated carbocycles. The van der Waals surface area contributed by atoms with Crippen LogP contribution in [-0.2, 0) is 20.9 Å². The number of piperidine rings is 3. The largest absolute Gasteiger partial charge is 0.503 e. The quantitative estimate of drug-likeness (QED) is 0.163. The summed E-state index contributed by atoms with van der Waals surface area (Å²) in [4.78, 5) is 64.2. The number of phenolic OH excluding ortho intramolecular Hbond substituents is 1. The zero-order valence-corrected chi connectivity index (χ0v) is 36.7. The summed E-state index contributed by atoms with van der Waals surface area (Å²) >= 11 is 7.04. The third-order valence-electron chi connectivity index (χ3n) is 15.2. The van der Waals surface area contributed by atoms with Crippen molar-refractivity contribution in [1.29, 1.82) is 0 Å². The van der Waals surface area contributed by atoms with E-state index in [2.05, 4.69) is 37.0 Å². The summed E-state index contributed by atoms with van der Waals surface area (Å²) in [6.45, 7) is 15.0. The number of halogens is 2. The molecule has 2 N–H and O–H groups in total. The third-order valence-corrected chi connectivity index (χ3v) is 15.5. The first-order chi connectivity index (χ1) is 30.0. The van der Waals surface area contributed by atoms with E-state index >= 15 is 0 Å². The second-order valence-electron chi connectivity index (χ2n) is 18.5. The monoisotopic (exact) mass is 867 g/mol.